The van der Waals surface area contributed by atoms with Crippen LogP contribution in [0.25, 0.3) is 0 Å². The first kappa shape index (κ1) is 8.29. The van der Waals surface area contributed by atoms with Gasteiger partial charge in [-0.05, 0) is 6.32 Å². The summed E-state index contributed by atoms with van der Waals surface area (Å²) >= 11 is 0. The summed E-state index contributed by atoms with van der Waals surface area (Å²) < 4.78 is 0. The molecular formula is C7H12BN. The second kappa shape index (κ2) is 4.20. The van der Waals surface area contributed by atoms with Gasteiger partial charge in [-0.1, -0.05) is 26.2 Å². The predicted molar refractivity (Wildman–Crippen MR) is 41.8 cm³/mol. The highest BCUT2D eigenvalue weighted by atomic mass is 14.2. The molecule has 0 unspecified atom stereocenters. The third kappa shape index (κ3) is 5.16. The number of hydrogen-bond donors (Lipinski definition) is 0. The first-order valence-corrected chi connectivity index (χ1v) is 3.24. The van der Waals surface area contributed by atoms with Crippen molar-refractivity contribution in [3.05, 3.63) is 12.2 Å². The molecule has 0 bridgehead atoms. The molecule has 1 nitrogen and oxygen atoms in total. The standard InChI is InChI=1S/C7H12BN/c1-6(2)8-4-7(3)5-9/h6,8H,3-4H2,1-2H3. The molecule has 0 radical (unpaired) electrons. The van der Waals surface area contributed by atoms with E-state index in [4.69, 9.17) is 5.26 Å². The highest BCUT2D eigenvalue weighted by molar-refractivity contribution is 6.38. The maximum Gasteiger partial charge on any atom is 0.129 e. The third-order valence-corrected chi connectivity index (χ3v) is 1.18. The van der Waals surface area contributed by atoms with Crippen molar-refractivity contribution < 1.29 is 0 Å². The van der Waals surface area contributed by atoms with Crippen LogP contribution < -0.4 is 0 Å². The van der Waals surface area contributed by atoms with E-state index < -0.39 is 0 Å². The van der Waals surface area contributed by atoms with E-state index in [0.717, 1.165) is 13.6 Å². The van der Waals surface area contributed by atoms with E-state index in [2.05, 4.69) is 20.4 Å². The van der Waals surface area contributed by atoms with Gasteiger partial charge in [0.15, 0.2) is 0 Å². The lowest BCUT2D eigenvalue weighted by atomic mass is 9.62. The zero-order chi connectivity index (χ0) is 7.28. The summed E-state index contributed by atoms with van der Waals surface area (Å²) in [5.41, 5.74) is 0.698. The van der Waals surface area contributed by atoms with Crippen molar-refractivity contribution in [2.24, 2.45) is 0 Å². The van der Waals surface area contributed by atoms with Crippen LogP contribution >= 0.6 is 0 Å². The topological polar surface area (TPSA) is 23.8 Å². The summed E-state index contributed by atoms with van der Waals surface area (Å²) in [6, 6.07) is 2.03. The largest absolute Gasteiger partial charge is 0.193 e. The number of nitrogens with zero attached hydrogens (tertiary/aromatic N) is 1. The minimum atomic E-state index is 0.676. The lowest BCUT2D eigenvalue weighted by Gasteiger charge is -1.97. The average molecular weight is 121 g/mol. The van der Waals surface area contributed by atoms with Crippen molar-refractivity contribution in [3.8, 4) is 6.07 Å². The lowest BCUT2D eigenvalue weighted by molar-refractivity contribution is 1.05. The summed E-state index contributed by atoms with van der Waals surface area (Å²) in [6.45, 7) is 7.87. The first-order chi connectivity index (χ1) is 4.16. The van der Waals surface area contributed by atoms with Crippen LogP contribution in [0.15, 0.2) is 12.2 Å². The zero-order valence-electron chi connectivity index (χ0n) is 6.15. The van der Waals surface area contributed by atoms with Gasteiger partial charge in [-0.2, -0.15) is 5.26 Å². The van der Waals surface area contributed by atoms with Gasteiger partial charge in [-0.15, -0.1) is 0 Å². The molecule has 48 valence electrons. The van der Waals surface area contributed by atoms with E-state index in [9.17, 15) is 0 Å². The smallest absolute Gasteiger partial charge is 0.129 e. The van der Waals surface area contributed by atoms with E-state index in [-0.39, 0.29) is 0 Å². The Morgan fingerprint density at radius 3 is 2.67 bits per heavy atom. The Morgan fingerprint density at radius 2 is 2.33 bits per heavy atom. The van der Waals surface area contributed by atoms with Crippen molar-refractivity contribution in [1.82, 2.24) is 0 Å². The number of rotatable bonds is 3. The Bertz CT molecular complexity index is 132. The van der Waals surface area contributed by atoms with Crippen LogP contribution in [0.4, 0.5) is 0 Å². The Balaban J connectivity index is 3.31. The summed E-state index contributed by atoms with van der Waals surface area (Å²) in [7, 11) is 1.08. The third-order valence-electron chi connectivity index (χ3n) is 1.18. The monoisotopic (exact) mass is 121 g/mol. The maximum atomic E-state index is 8.30. The molecule has 0 N–H and O–H groups in total. The Labute approximate surface area is 57.6 Å². The molecule has 0 fully saturated rings. The van der Waals surface area contributed by atoms with Gasteiger partial charge in [-0.25, -0.2) is 0 Å². The fraction of sp³-hybridized carbons (Fsp3) is 0.571. The van der Waals surface area contributed by atoms with Crippen LogP contribution in [0.1, 0.15) is 13.8 Å². The number of allylic oxidation sites excluding steroid dienone is 1. The quantitative estimate of drug-likeness (QED) is 0.412. The first-order valence-electron chi connectivity index (χ1n) is 3.24. The Hall–Kier alpha value is -0.705. The van der Waals surface area contributed by atoms with Crippen molar-refractivity contribution in [1.29, 1.82) is 5.26 Å². The van der Waals surface area contributed by atoms with Crippen molar-refractivity contribution in [2.45, 2.75) is 26.0 Å². The molecule has 0 aromatic rings. The minimum absolute atomic E-state index is 0.676. The zero-order valence-corrected chi connectivity index (χ0v) is 6.15. The van der Waals surface area contributed by atoms with E-state index in [1.54, 1.807) is 0 Å². The number of hydrogen-bond acceptors (Lipinski definition) is 1. The van der Waals surface area contributed by atoms with Crippen LogP contribution in [-0.4, -0.2) is 7.28 Å². The van der Waals surface area contributed by atoms with E-state index in [1.807, 2.05) is 6.07 Å². The predicted octanol–water partition coefficient (Wildman–Crippen LogP) is 1.75. The normalized spacial score (nSPS) is 8.67. The van der Waals surface area contributed by atoms with Crippen LogP contribution in [0.3, 0.4) is 0 Å². The highest BCUT2D eigenvalue weighted by Gasteiger charge is 1.97. The molecule has 0 rings (SSSR count). The second-order valence-electron chi connectivity index (χ2n) is 2.65. The van der Waals surface area contributed by atoms with Crippen LogP contribution in [-0.2, 0) is 0 Å². The minimum Gasteiger partial charge on any atom is -0.193 e. The van der Waals surface area contributed by atoms with Gasteiger partial charge in [0.1, 0.15) is 7.28 Å². The van der Waals surface area contributed by atoms with Crippen LogP contribution in [0, 0.1) is 11.3 Å². The van der Waals surface area contributed by atoms with Gasteiger partial charge in [-0.3, -0.25) is 0 Å². The summed E-state index contributed by atoms with van der Waals surface area (Å²) in [4.78, 5) is 0. The Kier molecular flexibility index (Phi) is 3.87. The summed E-state index contributed by atoms with van der Waals surface area (Å²) in [5, 5.41) is 8.30. The van der Waals surface area contributed by atoms with Crippen LogP contribution in [0.5, 0.6) is 0 Å². The molecule has 2 heteroatoms. The van der Waals surface area contributed by atoms with Gasteiger partial charge >= 0.3 is 0 Å². The fourth-order valence-electron chi connectivity index (χ4n) is 0.519. The number of nitriles is 1. The molecule has 0 saturated carbocycles. The molecule has 0 aromatic carbocycles. The molecule has 0 amide bonds. The lowest BCUT2D eigenvalue weighted by Crippen LogP contribution is -1.94. The highest BCUT2D eigenvalue weighted by Crippen LogP contribution is 2.04. The van der Waals surface area contributed by atoms with E-state index in [1.165, 1.54) is 0 Å². The van der Waals surface area contributed by atoms with E-state index >= 15 is 0 Å². The molecule has 0 aliphatic rings. The molecular weight excluding hydrogens is 109 g/mol. The van der Waals surface area contributed by atoms with Crippen molar-refractivity contribution >= 4 is 7.28 Å². The maximum absolute atomic E-state index is 8.30. The molecule has 0 aliphatic carbocycles. The summed E-state index contributed by atoms with van der Waals surface area (Å²) in [5.74, 6) is 0.676. The van der Waals surface area contributed by atoms with Gasteiger partial charge in [0.05, 0.1) is 6.07 Å². The van der Waals surface area contributed by atoms with Gasteiger partial charge in [0.2, 0.25) is 0 Å². The fourth-order valence-corrected chi connectivity index (χ4v) is 0.519. The van der Waals surface area contributed by atoms with Gasteiger partial charge < -0.3 is 0 Å². The molecule has 9 heavy (non-hydrogen) atoms. The average Bonchev–Trinajstić information content (AvgIpc) is 1.83. The molecule has 0 heterocycles. The van der Waals surface area contributed by atoms with Crippen molar-refractivity contribution in [3.63, 3.8) is 0 Å². The molecule has 0 aromatic heterocycles. The molecule has 0 atom stereocenters. The van der Waals surface area contributed by atoms with Gasteiger partial charge in [0.25, 0.3) is 0 Å². The molecule has 0 saturated heterocycles. The van der Waals surface area contributed by atoms with Crippen LogP contribution in [0.2, 0.25) is 12.1 Å². The van der Waals surface area contributed by atoms with Gasteiger partial charge in [0, 0.05) is 5.57 Å². The molecule has 0 aliphatic heterocycles. The SMILES string of the molecule is C=C(C#N)CBC(C)C. The Morgan fingerprint density at radius 1 is 1.78 bits per heavy atom. The summed E-state index contributed by atoms with van der Waals surface area (Å²) in [6.07, 6.45) is 0.855. The second-order valence-corrected chi connectivity index (χ2v) is 2.65. The van der Waals surface area contributed by atoms with Crippen molar-refractivity contribution in [2.75, 3.05) is 0 Å². The van der Waals surface area contributed by atoms with E-state index in [0.29, 0.717) is 11.4 Å². The molecule has 0 spiro atoms.